The van der Waals surface area contributed by atoms with Crippen molar-refractivity contribution in [2.24, 2.45) is 0 Å². The van der Waals surface area contributed by atoms with Crippen LogP contribution in [0.25, 0.3) is 0 Å². The lowest BCUT2D eigenvalue weighted by atomic mass is 10.2. The normalized spacial score (nSPS) is 20.2. The second-order valence-electron chi connectivity index (χ2n) is 3.19. The number of aromatic nitrogens is 1. The molecule has 1 aromatic rings. The molecule has 1 aliphatic rings. The number of pyridine rings is 1. The summed E-state index contributed by atoms with van der Waals surface area (Å²) in [6.45, 7) is 2.67. The third-order valence-corrected chi connectivity index (χ3v) is 2.33. The summed E-state index contributed by atoms with van der Waals surface area (Å²) >= 11 is 0. The van der Waals surface area contributed by atoms with Gasteiger partial charge in [0.15, 0.2) is 0 Å². The highest BCUT2D eigenvalue weighted by Crippen LogP contribution is 2.28. The zero-order valence-corrected chi connectivity index (χ0v) is 7.79. The van der Waals surface area contributed by atoms with Crippen LogP contribution < -0.4 is 5.48 Å². The average molecular weight is 178 g/mol. The molecule has 70 valence electrons. The van der Waals surface area contributed by atoms with Crippen LogP contribution in [0.1, 0.15) is 30.6 Å². The van der Waals surface area contributed by atoms with Gasteiger partial charge in [0.25, 0.3) is 0 Å². The van der Waals surface area contributed by atoms with Gasteiger partial charge < -0.3 is 4.84 Å². The third-order valence-electron chi connectivity index (χ3n) is 2.33. The van der Waals surface area contributed by atoms with Crippen molar-refractivity contribution in [3.8, 4) is 0 Å². The van der Waals surface area contributed by atoms with Gasteiger partial charge in [-0.3, -0.25) is 4.98 Å². The molecule has 0 amide bonds. The lowest BCUT2D eigenvalue weighted by molar-refractivity contribution is 0.0235. The fourth-order valence-corrected chi connectivity index (χ4v) is 1.71. The van der Waals surface area contributed by atoms with Crippen molar-refractivity contribution in [2.45, 2.75) is 25.8 Å². The first-order valence-electron chi connectivity index (χ1n) is 4.73. The highest BCUT2D eigenvalue weighted by Gasteiger charge is 2.22. The number of nitrogens with one attached hydrogen (secondary N) is 1. The van der Waals surface area contributed by atoms with Crippen molar-refractivity contribution >= 4 is 0 Å². The monoisotopic (exact) mass is 178 g/mol. The van der Waals surface area contributed by atoms with Crippen molar-refractivity contribution in [1.82, 2.24) is 10.5 Å². The number of hydrogen-bond acceptors (Lipinski definition) is 3. The van der Waals surface area contributed by atoms with E-state index < -0.39 is 0 Å². The molecule has 0 spiro atoms. The maximum absolute atomic E-state index is 5.18. The van der Waals surface area contributed by atoms with Gasteiger partial charge in [0.1, 0.15) is 0 Å². The predicted octanol–water partition coefficient (Wildman–Crippen LogP) is 1.61. The van der Waals surface area contributed by atoms with E-state index in [-0.39, 0.29) is 6.04 Å². The molecule has 13 heavy (non-hydrogen) atoms. The van der Waals surface area contributed by atoms with Crippen molar-refractivity contribution < 1.29 is 4.84 Å². The molecule has 3 nitrogen and oxygen atoms in total. The average Bonchev–Trinajstić information content (AvgIpc) is 2.58. The maximum Gasteiger partial charge on any atom is 0.0749 e. The Bertz CT molecular complexity index is 288. The number of hydrogen-bond donors (Lipinski definition) is 1. The number of hydroxylamine groups is 1. The highest BCUT2D eigenvalue weighted by molar-refractivity contribution is 5.27. The van der Waals surface area contributed by atoms with Gasteiger partial charge in [-0.2, -0.15) is 5.48 Å². The molecule has 0 saturated heterocycles. The molecule has 0 radical (unpaired) electrons. The first-order chi connectivity index (χ1) is 6.42. The van der Waals surface area contributed by atoms with Gasteiger partial charge in [0.2, 0.25) is 0 Å². The van der Waals surface area contributed by atoms with Gasteiger partial charge in [-0.25, -0.2) is 0 Å². The lowest BCUT2D eigenvalue weighted by Gasteiger charge is -2.11. The van der Waals surface area contributed by atoms with Gasteiger partial charge >= 0.3 is 0 Å². The summed E-state index contributed by atoms with van der Waals surface area (Å²) in [6.07, 6.45) is 4.03. The fourth-order valence-electron chi connectivity index (χ4n) is 1.71. The Balaban J connectivity index is 2.09. The zero-order valence-electron chi connectivity index (χ0n) is 7.79. The number of nitrogens with zero attached hydrogens (tertiary/aromatic N) is 1. The minimum Gasteiger partial charge on any atom is -0.301 e. The Hall–Kier alpha value is -0.930. The minimum absolute atomic E-state index is 0.288. The standard InChI is InChI=1S/C10H14N2O/c1-2-13-12-9-6-5-8-4-3-7-11-10(8)9/h3-4,7,9,12H,2,5-6H2,1H3. The van der Waals surface area contributed by atoms with Crippen LogP contribution in [0.3, 0.4) is 0 Å². The maximum atomic E-state index is 5.18. The summed E-state index contributed by atoms with van der Waals surface area (Å²) in [6, 6.07) is 4.41. The van der Waals surface area contributed by atoms with E-state index in [9.17, 15) is 0 Å². The van der Waals surface area contributed by atoms with Crippen LogP contribution in [-0.2, 0) is 11.3 Å². The highest BCUT2D eigenvalue weighted by atomic mass is 16.6. The summed E-state index contributed by atoms with van der Waals surface area (Å²) in [5, 5.41) is 0. The quantitative estimate of drug-likeness (QED) is 0.714. The van der Waals surface area contributed by atoms with E-state index in [1.807, 2.05) is 19.2 Å². The Morgan fingerprint density at radius 3 is 3.46 bits per heavy atom. The van der Waals surface area contributed by atoms with E-state index in [0.29, 0.717) is 6.61 Å². The number of fused-ring (bicyclic) bond motifs is 1. The molecule has 1 unspecified atom stereocenters. The van der Waals surface area contributed by atoms with Crippen molar-refractivity contribution in [3.63, 3.8) is 0 Å². The molecule has 1 aromatic heterocycles. The molecule has 0 bridgehead atoms. The van der Waals surface area contributed by atoms with Crippen molar-refractivity contribution in [1.29, 1.82) is 0 Å². The van der Waals surface area contributed by atoms with Crippen LogP contribution in [0.5, 0.6) is 0 Å². The van der Waals surface area contributed by atoms with Gasteiger partial charge in [0, 0.05) is 6.20 Å². The summed E-state index contributed by atoms with van der Waals surface area (Å²) in [7, 11) is 0. The van der Waals surface area contributed by atoms with Gasteiger partial charge in [-0.05, 0) is 31.4 Å². The zero-order chi connectivity index (χ0) is 9.10. The smallest absolute Gasteiger partial charge is 0.0749 e. The predicted molar refractivity (Wildman–Crippen MR) is 50.1 cm³/mol. The largest absolute Gasteiger partial charge is 0.301 e. The SMILES string of the molecule is CCONC1CCc2cccnc21. The number of aryl methyl sites for hydroxylation is 1. The molecule has 3 heteroatoms. The summed E-state index contributed by atoms with van der Waals surface area (Å²) in [4.78, 5) is 9.54. The van der Waals surface area contributed by atoms with Crippen LogP contribution in [0.2, 0.25) is 0 Å². The molecule has 1 N–H and O–H groups in total. The molecule has 1 heterocycles. The van der Waals surface area contributed by atoms with Crippen LogP contribution in [0.4, 0.5) is 0 Å². The Labute approximate surface area is 78.1 Å². The molecule has 2 rings (SSSR count). The molecular weight excluding hydrogens is 164 g/mol. The molecule has 1 atom stereocenters. The van der Waals surface area contributed by atoms with E-state index in [1.54, 1.807) is 0 Å². The van der Waals surface area contributed by atoms with E-state index in [2.05, 4.69) is 16.5 Å². The van der Waals surface area contributed by atoms with Crippen LogP contribution in [0, 0.1) is 0 Å². The molecule has 0 fully saturated rings. The van der Waals surface area contributed by atoms with E-state index >= 15 is 0 Å². The summed E-state index contributed by atoms with van der Waals surface area (Å²) in [5.74, 6) is 0. The third kappa shape index (κ3) is 1.71. The molecule has 1 aliphatic carbocycles. The van der Waals surface area contributed by atoms with E-state index in [0.717, 1.165) is 18.5 Å². The van der Waals surface area contributed by atoms with E-state index in [1.165, 1.54) is 5.56 Å². The number of rotatable bonds is 3. The van der Waals surface area contributed by atoms with E-state index in [4.69, 9.17) is 4.84 Å². The first kappa shape index (κ1) is 8.66. The second-order valence-corrected chi connectivity index (χ2v) is 3.19. The molecular formula is C10H14N2O. The van der Waals surface area contributed by atoms with Gasteiger partial charge in [0.05, 0.1) is 18.3 Å². The first-order valence-corrected chi connectivity index (χ1v) is 4.73. The Kier molecular flexibility index (Phi) is 2.57. The Morgan fingerprint density at radius 1 is 1.69 bits per heavy atom. The molecule has 0 aliphatic heterocycles. The lowest BCUT2D eigenvalue weighted by Crippen LogP contribution is -2.20. The summed E-state index contributed by atoms with van der Waals surface area (Å²) < 4.78 is 0. The molecule has 0 saturated carbocycles. The fraction of sp³-hybridized carbons (Fsp3) is 0.500. The van der Waals surface area contributed by atoms with Crippen LogP contribution in [0.15, 0.2) is 18.3 Å². The Morgan fingerprint density at radius 2 is 2.62 bits per heavy atom. The van der Waals surface area contributed by atoms with Crippen molar-refractivity contribution in [2.75, 3.05) is 6.61 Å². The topological polar surface area (TPSA) is 34.1 Å². The minimum atomic E-state index is 0.288. The second kappa shape index (κ2) is 3.85. The van der Waals surface area contributed by atoms with Gasteiger partial charge in [-0.1, -0.05) is 6.07 Å². The molecule has 0 aromatic carbocycles. The summed E-state index contributed by atoms with van der Waals surface area (Å²) in [5.41, 5.74) is 5.52. The van der Waals surface area contributed by atoms with Crippen LogP contribution >= 0.6 is 0 Å². The van der Waals surface area contributed by atoms with Crippen LogP contribution in [-0.4, -0.2) is 11.6 Å². The van der Waals surface area contributed by atoms with Crippen molar-refractivity contribution in [3.05, 3.63) is 29.6 Å². The van der Waals surface area contributed by atoms with Gasteiger partial charge in [-0.15, -0.1) is 0 Å².